The molecule has 6 heteroatoms. The van der Waals surface area contributed by atoms with E-state index in [1.54, 1.807) is 6.92 Å². The van der Waals surface area contributed by atoms with E-state index in [0.29, 0.717) is 19.0 Å². The van der Waals surface area contributed by atoms with Crippen molar-refractivity contribution in [3.05, 3.63) is 22.5 Å². The summed E-state index contributed by atoms with van der Waals surface area (Å²) in [4.78, 5) is 10.1. The third kappa shape index (κ3) is 2.31. The first-order valence-electron chi connectivity index (χ1n) is 5.07. The van der Waals surface area contributed by atoms with Crippen LogP contribution in [0.1, 0.15) is 17.6 Å². The average Bonchev–Trinajstić information content (AvgIpc) is 2.25. The van der Waals surface area contributed by atoms with Crippen molar-refractivity contribution in [1.82, 2.24) is 14.9 Å². The van der Waals surface area contributed by atoms with Crippen LogP contribution in [0, 0.1) is 12.7 Å². The minimum atomic E-state index is -0.561. The van der Waals surface area contributed by atoms with Crippen molar-refractivity contribution in [2.75, 3.05) is 26.7 Å². The van der Waals surface area contributed by atoms with E-state index < -0.39 is 5.82 Å². The molecule has 1 aromatic heterocycles. The first-order chi connectivity index (χ1) is 7.58. The number of aromatic nitrogens is 2. The van der Waals surface area contributed by atoms with Gasteiger partial charge in [0.25, 0.3) is 0 Å². The zero-order chi connectivity index (χ0) is 11.7. The fraction of sp³-hybridized carbons (Fsp3) is 0.600. The summed E-state index contributed by atoms with van der Waals surface area (Å²) in [6.07, 6.45) is -0.226. The lowest BCUT2D eigenvalue weighted by atomic mass is 10.2. The minimum absolute atomic E-state index is 0.140. The molecule has 1 fully saturated rings. The number of rotatable bonds is 1. The van der Waals surface area contributed by atoms with Gasteiger partial charge in [0, 0.05) is 13.1 Å². The van der Waals surface area contributed by atoms with Crippen LogP contribution >= 0.6 is 11.6 Å². The summed E-state index contributed by atoms with van der Waals surface area (Å²) >= 11 is 5.68. The van der Waals surface area contributed by atoms with Crippen molar-refractivity contribution < 1.29 is 9.13 Å². The molecule has 0 aliphatic carbocycles. The number of nitrogens with zero attached hydrogens (tertiary/aromatic N) is 3. The van der Waals surface area contributed by atoms with Crippen LogP contribution in [0.3, 0.4) is 0 Å². The van der Waals surface area contributed by atoms with Crippen molar-refractivity contribution in [3.8, 4) is 0 Å². The number of likely N-dealkylation sites (N-methyl/N-ethyl adjacent to an activating group) is 1. The van der Waals surface area contributed by atoms with Crippen LogP contribution in [0.25, 0.3) is 0 Å². The first-order valence-corrected chi connectivity index (χ1v) is 5.45. The lowest BCUT2D eigenvalue weighted by Gasteiger charge is -2.29. The topological polar surface area (TPSA) is 38.2 Å². The highest BCUT2D eigenvalue weighted by Crippen LogP contribution is 2.22. The van der Waals surface area contributed by atoms with Gasteiger partial charge in [-0.25, -0.2) is 14.4 Å². The summed E-state index contributed by atoms with van der Waals surface area (Å²) in [6.45, 7) is 3.77. The summed E-state index contributed by atoms with van der Waals surface area (Å²) in [7, 11) is 1.99. The van der Waals surface area contributed by atoms with Gasteiger partial charge in [0.05, 0.1) is 12.3 Å². The highest BCUT2D eigenvalue weighted by atomic mass is 35.5. The van der Waals surface area contributed by atoms with E-state index in [2.05, 4.69) is 14.9 Å². The van der Waals surface area contributed by atoms with Gasteiger partial charge in [0.1, 0.15) is 6.10 Å². The molecule has 0 spiro atoms. The Kier molecular flexibility index (Phi) is 3.37. The predicted octanol–water partition coefficient (Wildman–Crippen LogP) is 1.58. The molecule has 1 aromatic rings. The molecule has 0 radical (unpaired) electrons. The summed E-state index contributed by atoms with van der Waals surface area (Å²) in [6, 6.07) is 0. The van der Waals surface area contributed by atoms with Gasteiger partial charge in [-0.15, -0.1) is 0 Å². The molecule has 0 N–H and O–H groups in total. The van der Waals surface area contributed by atoms with Gasteiger partial charge in [0.15, 0.2) is 16.8 Å². The Hall–Kier alpha value is -0.780. The van der Waals surface area contributed by atoms with E-state index in [0.717, 1.165) is 6.54 Å². The first kappa shape index (κ1) is 11.7. The summed E-state index contributed by atoms with van der Waals surface area (Å²) in [5, 5.41) is -0.140. The molecule has 1 saturated heterocycles. The Morgan fingerprint density at radius 3 is 2.88 bits per heavy atom. The highest BCUT2D eigenvalue weighted by Gasteiger charge is 2.23. The SMILES string of the molecule is Cc1nc(C2CN(C)CCO2)nc(Cl)c1F. The number of morpholine rings is 1. The molecule has 88 valence electrons. The number of aryl methyl sites for hydroxylation is 1. The largest absolute Gasteiger partial charge is 0.368 e. The van der Waals surface area contributed by atoms with Crippen molar-refractivity contribution in [2.24, 2.45) is 0 Å². The van der Waals surface area contributed by atoms with Gasteiger partial charge >= 0.3 is 0 Å². The number of hydrogen-bond acceptors (Lipinski definition) is 4. The molecule has 0 saturated carbocycles. The van der Waals surface area contributed by atoms with Crippen LogP contribution in [-0.4, -0.2) is 41.6 Å². The Bertz CT molecular complexity index is 379. The van der Waals surface area contributed by atoms with Gasteiger partial charge in [-0.1, -0.05) is 11.6 Å². The second-order valence-corrected chi connectivity index (χ2v) is 4.25. The van der Waals surface area contributed by atoms with Crippen LogP contribution in [0.4, 0.5) is 4.39 Å². The molecule has 2 rings (SSSR count). The number of halogens is 2. The molecule has 0 bridgehead atoms. The monoisotopic (exact) mass is 245 g/mol. The summed E-state index contributed by atoms with van der Waals surface area (Å²) in [5.74, 6) is -0.106. The Balaban J connectivity index is 2.26. The Morgan fingerprint density at radius 1 is 1.50 bits per heavy atom. The van der Waals surface area contributed by atoms with Crippen LogP contribution in [0.2, 0.25) is 5.15 Å². The number of ether oxygens (including phenoxy) is 1. The molecular formula is C10H13ClFN3O. The van der Waals surface area contributed by atoms with Crippen LogP contribution in [0.15, 0.2) is 0 Å². The molecule has 0 amide bonds. The smallest absolute Gasteiger partial charge is 0.181 e. The molecule has 1 aliphatic heterocycles. The van der Waals surface area contributed by atoms with E-state index in [-0.39, 0.29) is 17.0 Å². The van der Waals surface area contributed by atoms with Crippen molar-refractivity contribution in [1.29, 1.82) is 0 Å². The van der Waals surface area contributed by atoms with E-state index in [9.17, 15) is 4.39 Å². The average molecular weight is 246 g/mol. The van der Waals surface area contributed by atoms with Crippen LogP contribution < -0.4 is 0 Å². The molecular weight excluding hydrogens is 233 g/mol. The lowest BCUT2D eigenvalue weighted by Crippen LogP contribution is -2.36. The molecule has 0 aromatic carbocycles. The summed E-state index contributed by atoms with van der Waals surface area (Å²) in [5.41, 5.74) is 0.256. The zero-order valence-corrected chi connectivity index (χ0v) is 9.96. The predicted molar refractivity (Wildman–Crippen MR) is 57.9 cm³/mol. The summed E-state index contributed by atoms with van der Waals surface area (Å²) < 4.78 is 18.8. The maximum absolute atomic E-state index is 13.2. The molecule has 1 aliphatic rings. The third-order valence-electron chi connectivity index (χ3n) is 2.55. The quantitative estimate of drug-likeness (QED) is 0.705. The van der Waals surface area contributed by atoms with Gasteiger partial charge in [-0.3, -0.25) is 0 Å². The van der Waals surface area contributed by atoms with E-state index in [1.165, 1.54) is 0 Å². The van der Waals surface area contributed by atoms with Gasteiger partial charge in [-0.05, 0) is 14.0 Å². The molecule has 1 unspecified atom stereocenters. The van der Waals surface area contributed by atoms with Crippen LogP contribution in [0.5, 0.6) is 0 Å². The highest BCUT2D eigenvalue weighted by molar-refractivity contribution is 6.29. The maximum Gasteiger partial charge on any atom is 0.181 e. The molecule has 2 heterocycles. The van der Waals surface area contributed by atoms with Crippen molar-refractivity contribution in [3.63, 3.8) is 0 Å². The maximum atomic E-state index is 13.2. The lowest BCUT2D eigenvalue weighted by molar-refractivity contribution is -0.0256. The van der Waals surface area contributed by atoms with Gasteiger partial charge < -0.3 is 9.64 Å². The Labute approximate surface area is 98.4 Å². The van der Waals surface area contributed by atoms with Crippen molar-refractivity contribution in [2.45, 2.75) is 13.0 Å². The van der Waals surface area contributed by atoms with Crippen LogP contribution in [-0.2, 0) is 4.74 Å². The minimum Gasteiger partial charge on any atom is -0.368 e. The fourth-order valence-electron chi connectivity index (χ4n) is 1.62. The van der Waals surface area contributed by atoms with Gasteiger partial charge in [0.2, 0.25) is 0 Å². The number of hydrogen-bond donors (Lipinski definition) is 0. The van der Waals surface area contributed by atoms with E-state index >= 15 is 0 Å². The normalized spacial score (nSPS) is 22.4. The zero-order valence-electron chi connectivity index (χ0n) is 9.20. The second-order valence-electron chi connectivity index (χ2n) is 3.89. The standard InChI is InChI=1S/C10H13ClFN3O/c1-6-8(12)9(11)14-10(13-6)7-5-15(2)3-4-16-7/h7H,3-5H2,1-2H3. The van der Waals surface area contributed by atoms with Crippen molar-refractivity contribution >= 4 is 11.6 Å². The van der Waals surface area contributed by atoms with E-state index in [1.807, 2.05) is 7.05 Å². The molecule has 4 nitrogen and oxygen atoms in total. The van der Waals surface area contributed by atoms with E-state index in [4.69, 9.17) is 16.3 Å². The van der Waals surface area contributed by atoms with Gasteiger partial charge in [-0.2, -0.15) is 0 Å². The Morgan fingerprint density at radius 2 is 2.25 bits per heavy atom. The fourth-order valence-corrected chi connectivity index (χ4v) is 1.85. The third-order valence-corrected chi connectivity index (χ3v) is 2.80. The molecule has 1 atom stereocenters. The second kappa shape index (κ2) is 4.61. The molecule has 16 heavy (non-hydrogen) atoms.